The highest BCUT2D eigenvalue weighted by atomic mass is 32.2. The zero-order valence-corrected chi connectivity index (χ0v) is 16.9. The summed E-state index contributed by atoms with van der Waals surface area (Å²) in [5, 5.41) is 2.88. The number of aryl methyl sites for hydroxylation is 1. The summed E-state index contributed by atoms with van der Waals surface area (Å²) in [6, 6.07) is 13.7. The predicted octanol–water partition coefficient (Wildman–Crippen LogP) is 5.91. The van der Waals surface area contributed by atoms with Crippen LogP contribution in [0.2, 0.25) is 0 Å². The number of fused-ring (bicyclic) bond motifs is 1. The number of rotatable bonds is 5. The highest BCUT2D eigenvalue weighted by Crippen LogP contribution is 2.34. The average molecular weight is 413 g/mol. The topological polar surface area (TPSA) is 46.3 Å². The standard InChI is InChI=1S/C21H17FN2O2S2/c1-13-11-27-21(23-13)28-12-15-14-7-3-6-10-18(14)26-19(15)20(25)24(2)17-9-5-4-8-16(17)22/h3-11H,12H2,1-2H3. The molecule has 4 nitrogen and oxygen atoms in total. The molecule has 28 heavy (non-hydrogen) atoms. The van der Waals surface area contributed by atoms with Crippen molar-refractivity contribution in [1.82, 2.24) is 4.98 Å². The van der Waals surface area contributed by atoms with Gasteiger partial charge in [0.05, 0.1) is 5.69 Å². The monoisotopic (exact) mass is 412 g/mol. The molecular formula is C21H17FN2O2S2. The summed E-state index contributed by atoms with van der Waals surface area (Å²) < 4.78 is 21.0. The number of thioether (sulfide) groups is 1. The first kappa shape index (κ1) is 18.7. The van der Waals surface area contributed by atoms with Gasteiger partial charge in [-0.1, -0.05) is 42.1 Å². The Hall–Kier alpha value is -2.64. The highest BCUT2D eigenvalue weighted by molar-refractivity contribution is 8.00. The summed E-state index contributed by atoms with van der Waals surface area (Å²) >= 11 is 3.13. The molecule has 0 N–H and O–H groups in total. The van der Waals surface area contributed by atoms with Gasteiger partial charge in [-0.05, 0) is 25.1 Å². The second kappa shape index (κ2) is 7.77. The van der Waals surface area contributed by atoms with E-state index in [4.69, 9.17) is 4.42 Å². The summed E-state index contributed by atoms with van der Waals surface area (Å²) in [6.07, 6.45) is 0. The lowest BCUT2D eigenvalue weighted by molar-refractivity contribution is 0.0967. The number of benzene rings is 2. The molecule has 4 aromatic rings. The summed E-state index contributed by atoms with van der Waals surface area (Å²) in [7, 11) is 1.55. The fourth-order valence-electron chi connectivity index (χ4n) is 2.93. The van der Waals surface area contributed by atoms with Gasteiger partial charge in [0.15, 0.2) is 5.76 Å². The third-order valence-electron chi connectivity index (χ3n) is 4.35. The Morgan fingerprint density at radius 1 is 1.21 bits per heavy atom. The van der Waals surface area contributed by atoms with E-state index in [0.717, 1.165) is 21.0 Å². The first-order valence-electron chi connectivity index (χ1n) is 8.62. The van der Waals surface area contributed by atoms with Gasteiger partial charge in [0.1, 0.15) is 15.7 Å². The van der Waals surface area contributed by atoms with E-state index in [1.165, 1.54) is 11.0 Å². The number of nitrogens with zero attached hydrogens (tertiary/aromatic N) is 2. The van der Waals surface area contributed by atoms with Crippen LogP contribution >= 0.6 is 23.1 Å². The molecule has 0 aliphatic carbocycles. The molecule has 142 valence electrons. The van der Waals surface area contributed by atoms with Gasteiger partial charge in [-0.25, -0.2) is 9.37 Å². The van der Waals surface area contributed by atoms with Crippen LogP contribution in [0.25, 0.3) is 11.0 Å². The maximum Gasteiger partial charge on any atom is 0.294 e. The van der Waals surface area contributed by atoms with Crippen LogP contribution in [0.3, 0.4) is 0 Å². The number of thiazole rings is 1. The van der Waals surface area contributed by atoms with E-state index in [0.29, 0.717) is 11.3 Å². The third kappa shape index (κ3) is 3.55. The van der Waals surface area contributed by atoms with E-state index in [1.807, 2.05) is 36.6 Å². The molecule has 0 saturated heterocycles. The van der Waals surface area contributed by atoms with E-state index < -0.39 is 5.82 Å². The number of furan rings is 1. The molecule has 2 heterocycles. The van der Waals surface area contributed by atoms with Crippen LogP contribution in [0.4, 0.5) is 10.1 Å². The smallest absolute Gasteiger partial charge is 0.294 e. The fourth-order valence-corrected chi connectivity index (χ4v) is 4.81. The molecule has 0 aliphatic rings. The lowest BCUT2D eigenvalue weighted by Crippen LogP contribution is -2.27. The zero-order chi connectivity index (χ0) is 19.7. The largest absolute Gasteiger partial charge is 0.451 e. The van der Waals surface area contributed by atoms with E-state index in [1.54, 1.807) is 48.3 Å². The van der Waals surface area contributed by atoms with Crippen LogP contribution in [-0.4, -0.2) is 17.9 Å². The van der Waals surface area contributed by atoms with E-state index in [2.05, 4.69) is 4.98 Å². The minimum atomic E-state index is -0.455. The Labute approximate surface area is 170 Å². The summed E-state index contributed by atoms with van der Waals surface area (Å²) in [6.45, 7) is 1.95. The van der Waals surface area contributed by atoms with Crippen LogP contribution in [0.1, 0.15) is 21.8 Å². The molecule has 0 saturated carbocycles. The number of halogens is 1. The number of amides is 1. The van der Waals surface area contributed by atoms with Crippen LogP contribution in [0, 0.1) is 12.7 Å². The zero-order valence-electron chi connectivity index (χ0n) is 15.3. The molecule has 7 heteroatoms. The van der Waals surface area contributed by atoms with Crippen molar-refractivity contribution in [3.8, 4) is 0 Å². The third-order valence-corrected chi connectivity index (χ3v) is 6.51. The number of hydrogen-bond donors (Lipinski definition) is 0. The van der Waals surface area contributed by atoms with Gasteiger partial charge in [0.2, 0.25) is 0 Å². The van der Waals surface area contributed by atoms with Gasteiger partial charge in [0.25, 0.3) is 5.91 Å². The first-order chi connectivity index (χ1) is 13.5. The Bertz CT molecular complexity index is 1150. The second-order valence-corrected chi connectivity index (χ2v) is 8.35. The van der Waals surface area contributed by atoms with Crippen molar-refractivity contribution in [2.45, 2.75) is 17.0 Å². The molecule has 0 atom stereocenters. The van der Waals surface area contributed by atoms with Crippen LogP contribution in [-0.2, 0) is 5.75 Å². The lowest BCUT2D eigenvalue weighted by atomic mass is 10.1. The minimum Gasteiger partial charge on any atom is -0.451 e. The summed E-state index contributed by atoms with van der Waals surface area (Å²) in [4.78, 5) is 18.9. The molecule has 2 aromatic carbocycles. The quantitative estimate of drug-likeness (QED) is 0.383. The Kier molecular flexibility index (Phi) is 5.19. The molecule has 1 amide bonds. The van der Waals surface area contributed by atoms with E-state index in [-0.39, 0.29) is 17.4 Å². The van der Waals surface area contributed by atoms with Gasteiger partial charge < -0.3 is 9.32 Å². The van der Waals surface area contributed by atoms with E-state index in [9.17, 15) is 9.18 Å². The number of carbonyl (C=O) groups excluding carboxylic acids is 1. The Morgan fingerprint density at radius 3 is 2.71 bits per heavy atom. The van der Waals surface area contributed by atoms with Crippen molar-refractivity contribution in [2.24, 2.45) is 0 Å². The van der Waals surface area contributed by atoms with Crippen molar-refractivity contribution in [1.29, 1.82) is 0 Å². The maximum absolute atomic E-state index is 14.2. The molecule has 0 radical (unpaired) electrons. The molecule has 0 bridgehead atoms. The fraction of sp³-hybridized carbons (Fsp3) is 0.143. The number of carbonyl (C=O) groups is 1. The predicted molar refractivity (Wildman–Crippen MR) is 112 cm³/mol. The second-order valence-electron chi connectivity index (χ2n) is 6.26. The van der Waals surface area contributed by atoms with Crippen molar-refractivity contribution in [2.75, 3.05) is 11.9 Å². The summed E-state index contributed by atoms with van der Waals surface area (Å²) in [5.41, 5.74) is 2.61. The van der Waals surface area contributed by atoms with Gasteiger partial charge in [-0.3, -0.25) is 4.79 Å². The van der Waals surface area contributed by atoms with Crippen LogP contribution in [0.5, 0.6) is 0 Å². The lowest BCUT2D eigenvalue weighted by Gasteiger charge is -2.17. The molecular weight excluding hydrogens is 395 g/mol. The van der Waals surface area contributed by atoms with E-state index >= 15 is 0 Å². The molecule has 0 unspecified atom stereocenters. The molecule has 0 aliphatic heterocycles. The van der Waals surface area contributed by atoms with Gasteiger partial charge >= 0.3 is 0 Å². The summed E-state index contributed by atoms with van der Waals surface area (Å²) in [5.74, 6) is -0.0699. The van der Waals surface area contributed by atoms with Crippen molar-refractivity contribution in [3.05, 3.63) is 76.7 Å². The Morgan fingerprint density at radius 2 is 1.96 bits per heavy atom. The van der Waals surface area contributed by atoms with Crippen molar-refractivity contribution in [3.63, 3.8) is 0 Å². The first-order valence-corrected chi connectivity index (χ1v) is 10.5. The Balaban J connectivity index is 1.71. The number of hydrogen-bond acceptors (Lipinski definition) is 5. The van der Waals surface area contributed by atoms with Crippen molar-refractivity contribution >= 4 is 45.7 Å². The van der Waals surface area contributed by atoms with Gasteiger partial charge in [-0.2, -0.15) is 0 Å². The molecule has 0 spiro atoms. The van der Waals surface area contributed by atoms with Crippen LogP contribution < -0.4 is 4.90 Å². The van der Waals surface area contributed by atoms with Gasteiger partial charge in [-0.15, -0.1) is 11.3 Å². The molecule has 2 aromatic heterocycles. The van der Waals surface area contributed by atoms with Crippen LogP contribution in [0.15, 0.2) is 62.7 Å². The number of aromatic nitrogens is 1. The SMILES string of the molecule is Cc1csc(SCc2c(C(=O)N(C)c3ccccc3F)oc3ccccc23)n1. The number of para-hydroxylation sites is 2. The average Bonchev–Trinajstić information content (AvgIpc) is 3.28. The molecule has 4 rings (SSSR count). The normalized spacial score (nSPS) is 11.1. The number of anilines is 1. The molecule has 0 fully saturated rings. The van der Waals surface area contributed by atoms with Gasteiger partial charge in [0, 0.05) is 34.8 Å². The van der Waals surface area contributed by atoms with Crippen molar-refractivity contribution < 1.29 is 13.6 Å². The maximum atomic E-state index is 14.2. The highest BCUT2D eigenvalue weighted by Gasteiger charge is 2.25. The minimum absolute atomic E-state index is 0.210.